The molecule has 0 bridgehead atoms. The van der Waals surface area contributed by atoms with Crippen molar-refractivity contribution in [2.75, 3.05) is 31.6 Å². The number of carbonyl (C=O) groups is 2. The Balaban J connectivity index is 0.000000738. The Hall–Kier alpha value is -4.56. The van der Waals surface area contributed by atoms with Crippen LogP contribution in [-0.4, -0.2) is 53.5 Å². The topological polar surface area (TPSA) is 149 Å². The molecule has 0 atom stereocenters. The maximum atomic E-state index is 13.5. The summed E-state index contributed by atoms with van der Waals surface area (Å²) in [5, 5.41) is 30.9. The maximum absolute atomic E-state index is 13.5. The average molecular weight is 665 g/mol. The number of aryl methyl sites for hydroxylation is 1. The van der Waals surface area contributed by atoms with Crippen LogP contribution in [0.3, 0.4) is 0 Å². The molecule has 1 aromatic heterocycles. The summed E-state index contributed by atoms with van der Waals surface area (Å²) in [4.78, 5) is 37.0. The number of halogens is 5. The average Bonchev–Trinajstić information content (AvgIpc) is 2.99. The normalized spacial score (nSPS) is 11.4. The van der Waals surface area contributed by atoms with Crippen LogP contribution in [0.1, 0.15) is 22.3 Å². The first-order chi connectivity index (χ1) is 21.7. The smallest absolute Gasteiger partial charge is 0.418 e. The highest BCUT2D eigenvalue weighted by atomic mass is 35.5. The third-order valence-corrected chi connectivity index (χ3v) is 6.76. The number of nitrogens with one attached hydrogen (secondary N) is 2. The van der Waals surface area contributed by atoms with Crippen LogP contribution in [0.2, 0.25) is 5.02 Å². The van der Waals surface area contributed by atoms with Gasteiger partial charge in [0.2, 0.25) is 5.91 Å². The molecule has 46 heavy (non-hydrogen) atoms. The predicted molar refractivity (Wildman–Crippen MR) is 165 cm³/mol. The van der Waals surface area contributed by atoms with Crippen LogP contribution in [0.4, 0.5) is 23.2 Å². The van der Waals surface area contributed by atoms with Crippen molar-refractivity contribution in [3.63, 3.8) is 0 Å². The number of benzene rings is 3. The van der Waals surface area contributed by atoms with Crippen molar-refractivity contribution in [1.29, 1.82) is 0 Å². The Kier molecular flexibility index (Phi) is 12.6. The number of rotatable bonds is 10. The van der Waals surface area contributed by atoms with Crippen LogP contribution < -0.4 is 16.3 Å². The lowest BCUT2D eigenvalue weighted by molar-refractivity contribution is -0.137. The number of alkyl halides is 3. The van der Waals surface area contributed by atoms with E-state index in [-0.39, 0.29) is 36.0 Å². The first-order valence-corrected chi connectivity index (χ1v) is 14.0. The summed E-state index contributed by atoms with van der Waals surface area (Å²) in [5.41, 5.74) is -1.25. The predicted octanol–water partition coefficient (Wildman–Crippen LogP) is 5.42. The number of fused-ring (bicyclic) bond motifs is 1. The minimum atomic E-state index is -4.95. The fourth-order valence-electron chi connectivity index (χ4n) is 4.32. The lowest BCUT2D eigenvalue weighted by Gasteiger charge is -2.16. The Morgan fingerprint density at radius 1 is 1.02 bits per heavy atom. The molecule has 0 aliphatic carbocycles. The molecule has 5 N–H and O–H groups in total. The Morgan fingerprint density at radius 2 is 1.72 bits per heavy atom. The van der Waals surface area contributed by atoms with E-state index in [4.69, 9.17) is 31.3 Å². The summed E-state index contributed by atoms with van der Waals surface area (Å²) < 4.78 is 59.1. The number of carboxylic acid groups (broad SMARTS) is 1. The van der Waals surface area contributed by atoms with Gasteiger partial charge in [0.15, 0.2) is 0 Å². The fourth-order valence-corrected chi connectivity index (χ4v) is 4.48. The second kappa shape index (κ2) is 16.1. The largest absolute Gasteiger partial charge is 0.478 e. The van der Waals surface area contributed by atoms with Crippen molar-refractivity contribution in [3.8, 4) is 11.1 Å². The number of carboxylic acids is 1. The number of hydrogen-bond acceptors (Lipinski definition) is 7. The van der Waals surface area contributed by atoms with Crippen LogP contribution >= 0.6 is 11.6 Å². The van der Waals surface area contributed by atoms with Crippen molar-refractivity contribution in [2.45, 2.75) is 19.5 Å². The molecule has 0 fully saturated rings. The molecule has 1 heterocycles. The van der Waals surface area contributed by atoms with Crippen molar-refractivity contribution in [2.24, 2.45) is 0 Å². The van der Waals surface area contributed by atoms with E-state index < -0.39 is 47.2 Å². The van der Waals surface area contributed by atoms with Gasteiger partial charge in [-0.15, -0.1) is 0 Å². The summed E-state index contributed by atoms with van der Waals surface area (Å²) >= 11 is 6.20. The zero-order valence-electron chi connectivity index (χ0n) is 24.3. The molecular weight excluding hydrogens is 636 g/mol. The molecule has 14 heteroatoms. The van der Waals surface area contributed by atoms with E-state index >= 15 is 0 Å². The number of amides is 1. The van der Waals surface area contributed by atoms with E-state index in [0.717, 1.165) is 18.2 Å². The molecule has 0 radical (unpaired) electrons. The van der Waals surface area contributed by atoms with Crippen LogP contribution in [0.25, 0.3) is 28.2 Å². The minimum absolute atomic E-state index is 0.110. The quantitative estimate of drug-likeness (QED) is 0.0653. The molecule has 0 saturated heterocycles. The van der Waals surface area contributed by atoms with E-state index in [2.05, 4.69) is 10.6 Å². The highest BCUT2D eigenvalue weighted by Crippen LogP contribution is 2.37. The summed E-state index contributed by atoms with van der Waals surface area (Å²) in [5.74, 6) is -3.29. The number of aliphatic carboxylic acids is 1. The third kappa shape index (κ3) is 9.72. The molecule has 0 spiro atoms. The summed E-state index contributed by atoms with van der Waals surface area (Å²) in [7, 11) is 0. The molecule has 0 aliphatic heterocycles. The van der Waals surface area contributed by atoms with Gasteiger partial charge in [0.25, 0.3) is 0 Å². The van der Waals surface area contributed by atoms with Gasteiger partial charge in [-0.25, -0.2) is 14.0 Å². The van der Waals surface area contributed by atoms with Crippen molar-refractivity contribution in [3.05, 3.63) is 104 Å². The van der Waals surface area contributed by atoms with Gasteiger partial charge in [0, 0.05) is 41.2 Å². The van der Waals surface area contributed by atoms with E-state index in [0.29, 0.717) is 40.2 Å². The van der Waals surface area contributed by atoms with E-state index in [1.807, 2.05) is 0 Å². The molecule has 4 rings (SSSR count). The molecule has 9 nitrogen and oxygen atoms in total. The standard InChI is InChI=1S/C28H18ClF4NO5.C4H11NO2/c1-14-9-18-23(13-21(14)29)39-27(38)19(26(18)16-4-2-3-15(10-16)5-8-25(36)37)12-24(35)34-22-7-6-17(30)11-20(22)28(31,32)33;6-3-1-5-2-4-7/h2-11,13H,12H2,1H3,(H,34,35)(H,36,37);5-7H,1-4H2. The van der Waals surface area contributed by atoms with Crippen molar-refractivity contribution in [1.82, 2.24) is 5.32 Å². The molecule has 0 aliphatic rings. The molecule has 3 aromatic carbocycles. The highest BCUT2D eigenvalue weighted by Gasteiger charge is 2.34. The van der Waals surface area contributed by atoms with Gasteiger partial charge in [-0.2, -0.15) is 13.2 Å². The molecule has 1 amide bonds. The first-order valence-electron chi connectivity index (χ1n) is 13.6. The van der Waals surface area contributed by atoms with Crippen LogP contribution in [0.15, 0.2) is 69.9 Å². The summed E-state index contributed by atoms with van der Waals surface area (Å²) in [6.45, 7) is 3.13. The second-order valence-corrected chi connectivity index (χ2v) is 10.2. The summed E-state index contributed by atoms with van der Waals surface area (Å²) in [6.07, 6.45) is -3.37. The van der Waals surface area contributed by atoms with Crippen molar-refractivity contribution < 1.29 is 46.9 Å². The zero-order chi connectivity index (χ0) is 34.0. The molecule has 4 aromatic rings. The minimum Gasteiger partial charge on any atom is -0.478 e. The van der Waals surface area contributed by atoms with E-state index in [1.54, 1.807) is 37.3 Å². The number of anilines is 1. The van der Waals surface area contributed by atoms with Crippen LogP contribution in [0.5, 0.6) is 0 Å². The number of aliphatic hydroxyl groups excluding tert-OH is 2. The van der Waals surface area contributed by atoms with Gasteiger partial charge in [-0.1, -0.05) is 29.8 Å². The molecule has 0 unspecified atom stereocenters. The molecule has 0 saturated carbocycles. The van der Waals surface area contributed by atoms with Crippen LogP contribution in [0, 0.1) is 12.7 Å². The number of aliphatic hydroxyl groups is 2. The van der Waals surface area contributed by atoms with Gasteiger partial charge >= 0.3 is 17.8 Å². The monoisotopic (exact) mass is 664 g/mol. The lowest BCUT2D eigenvalue weighted by Crippen LogP contribution is -2.22. The highest BCUT2D eigenvalue weighted by molar-refractivity contribution is 6.32. The van der Waals surface area contributed by atoms with E-state index in [9.17, 15) is 31.9 Å². The Bertz CT molecular complexity index is 1800. The SMILES string of the molecule is Cc1cc2c(-c3cccc(C=CC(=O)O)c3)c(CC(=O)Nc3ccc(F)cc3C(F)(F)F)c(=O)oc2cc1Cl.OCCNCCO. The van der Waals surface area contributed by atoms with Gasteiger partial charge in [-0.3, -0.25) is 4.79 Å². The Morgan fingerprint density at radius 3 is 2.35 bits per heavy atom. The third-order valence-electron chi connectivity index (χ3n) is 6.35. The summed E-state index contributed by atoms with van der Waals surface area (Å²) in [6, 6.07) is 11.3. The number of carbonyl (C=O) groups excluding carboxylic acids is 1. The second-order valence-electron chi connectivity index (χ2n) is 9.75. The number of hydrogen-bond donors (Lipinski definition) is 5. The van der Waals surface area contributed by atoms with Gasteiger partial charge in [0.05, 0.1) is 36.4 Å². The van der Waals surface area contributed by atoms with E-state index in [1.165, 1.54) is 12.1 Å². The van der Waals surface area contributed by atoms with Gasteiger partial charge < -0.3 is 30.4 Å². The van der Waals surface area contributed by atoms with Gasteiger partial charge in [-0.05, 0) is 60.0 Å². The molecule has 244 valence electrons. The maximum Gasteiger partial charge on any atom is 0.418 e. The van der Waals surface area contributed by atoms with Crippen LogP contribution in [-0.2, 0) is 22.2 Å². The fraction of sp³-hybridized carbons (Fsp3) is 0.219. The molecular formula is C32H29ClF4N2O7. The zero-order valence-corrected chi connectivity index (χ0v) is 25.0. The van der Waals surface area contributed by atoms with Gasteiger partial charge in [0.1, 0.15) is 11.4 Å². The van der Waals surface area contributed by atoms with Crippen molar-refractivity contribution >= 4 is 46.2 Å². The lowest BCUT2D eigenvalue weighted by atomic mass is 9.93. The Labute approximate surface area is 264 Å². The first kappa shape index (κ1) is 35.9.